The van der Waals surface area contributed by atoms with Gasteiger partial charge in [0.1, 0.15) is 11.6 Å². The van der Waals surface area contributed by atoms with E-state index in [1.807, 2.05) is 178 Å². The third-order valence-electron chi connectivity index (χ3n) is 15.0. The SMILES string of the molecule is Cc1ccccc1-c1ccc2c(c1)c1cc(-c3ccccc3C)ccc1n2-c1ccc(-c2c(C(F)(F)F)cccc2C(F)(F)F)c(-n2c3ccc(-c4ccccc4C)cc3c3cc(-c4ccccc4C)ccc32)c1C#N. The number of hydrogen-bond acceptors (Lipinski definition) is 1. The van der Waals surface area contributed by atoms with Crippen molar-refractivity contribution < 1.29 is 26.3 Å². The van der Waals surface area contributed by atoms with E-state index >= 15 is 26.3 Å². The smallest absolute Gasteiger partial charge is 0.308 e. The average Bonchev–Trinajstić information content (AvgIpc) is 4.15. The Labute approximate surface area is 434 Å². The summed E-state index contributed by atoms with van der Waals surface area (Å²) in [5.41, 5.74) is 9.67. The van der Waals surface area contributed by atoms with Crippen molar-refractivity contribution in [3.05, 3.63) is 239 Å². The quantitative estimate of drug-likeness (QED) is 0.147. The van der Waals surface area contributed by atoms with Gasteiger partial charge in [0.05, 0.1) is 44.6 Å². The van der Waals surface area contributed by atoms with Crippen LogP contribution in [0.3, 0.4) is 0 Å². The van der Waals surface area contributed by atoms with E-state index in [0.717, 1.165) is 83.6 Å². The predicted octanol–water partition coefficient (Wildman–Crippen LogP) is 19.4. The molecule has 12 rings (SSSR count). The van der Waals surface area contributed by atoms with Crippen LogP contribution < -0.4 is 0 Å². The van der Waals surface area contributed by atoms with Crippen LogP contribution in [0.5, 0.6) is 0 Å². The van der Waals surface area contributed by atoms with Gasteiger partial charge in [-0.25, -0.2) is 0 Å². The number of nitriles is 1. The molecule has 0 radical (unpaired) electrons. The number of nitrogens with zero attached hydrogens (tertiary/aromatic N) is 3. The molecule has 9 heteroatoms. The summed E-state index contributed by atoms with van der Waals surface area (Å²) in [7, 11) is 0. The second-order valence-corrected chi connectivity index (χ2v) is 19.5. The Balaban J connectivity index is 1.24. The first-order chi connectivity index (χ1) is 36.6. The van der Waals surface area contributed by atoms with Crippen molar-refractivity contribution in [2.75, 3.05) is 0 Å². The van der Waals surface area contributed by atoms with Gasteiger partial charge in [-0.1, -0.05) is 133 Å². The molecule has 2 aromatic heterocycles. The van der Waals surface area contributed by atoms with Crippen LogP contribution in [-0.4, -0.2) is 9.13 Å². The Morgan fingerprint density at radius 3 is 1.00 bits per heavy atom. The molecule has 76 heavy (non-hydrogen) atoms. The molecule has 12 aromatic rings. The lowest BCUT2D eigenvalue weighted by Crippen LogP contribution is -2.16. The highest BCUT2D eigenvalue weighted by atomic mass is 19.4. The van der Waals surface area contributed by atoms with E-state index in [1.165, 1.54) is 12.1 Å². The molecule has 0 bridgehead atoms. The number of fused-ring (bicyclic) bond motifs is 6. The van der Waals surface area contributed by atoms with Crippen LogP contribution in [0.4, 0.5) is 26.3 Å². The fourth-order valence-electron chi connectivity index (χ4n) is 11.4. The van der Waals surface area contributed by atoms with Gasteiger partial charge < -0.3 is 9.13 Å². The van der Waals surface area contributed by atoms with Gasteiger partial charge in [-0.2, -0.15) is 31.6 Å². The highest BCUT2D eigenvalue weighted by Gasteiger charge is 2.42. The molecule has 0 spiro atoms. The predicted molar refractivity (Wildman–Crippen MR) is 296 cm³/mol. The molecule has 0 fully saturated rings. The third-order valence-corrected chi connectivity index (χ3v) is 15.0. The number of rotatable bonds is 7. The van der Waals surface area contributed by atoms with Gasteiger partial charge in [0.25, 0.3) is 0 Å². The van der Waals surface area contributed by atoms with Crippen molar-refractivity contribution in [2.24, 2.45) is 0 Å². The molecule has 0 atom stereocenters. The van der Waals surface area contributed by atoms with Crippen LogP contribution in [-0.2, 0) is 12.4 Å². The lowest BCUT2D eigenvalue weighted by Gasteiger charge is -2.24. The summed E-state index contributed by atoms with van der Waals surface area (Å²) in [6, 6.07) is 63.1. The van der Waals surface area contributed by atoms with Crippen molar-refractivity contribution in [1.29, 1.82) is 5.26 Å². The van der Waals surface area contributed by atoms with Crippen LogP contribution in [0.25, 0.3) is 111 Å². The highest BCUT2D eigenvalue weighted by molar-refractivity contribution is 6.14. The van der Waals surface area contributed by atoms with Crippen molar-refractivity contribution in [2.45, 2.75) is 40.0 Å². The summed E-state index contributed by atoms with van der Waals surface area (Å²) < 4.78 is 96.7. The number of halogens is 6. The van der Waals surface area contributed by atoms with Crippen LogP contribution in [0, 0.1) is 39.0 Å². The number of aromatic nitrogens is 2. The molecule has 0 saturated heterocycles. The molecule has 0 aliphatic heterocycles. The van der Waals surface area contributed by atoms with E-state index in [-0.39, 0.29) is 16.9 Å². The molecule has 370 valence electrons. The molecular weight excluding hydrogens is 961 g/mol. The molecule has 0 aliphatic rings. The number of benzene rings is 10. The summed E-state index contributed by atoms with van der Waals surface area (Å²) >= 11 is 0. The fourth-order valence-corrected chi connectivity index (χ4v) is 11.4. The summed E-state index contributed by atoms with van der Waals surface area (Å²) in [5, 5.41) is 14.9. The van der Waals surface area contributed by atoms with Crippen LogP contribution in [0.2, 0.25) is 0 Å². The Morgan fingerprint density at radius 1 is 0.355 bits per heavy atom. The van der Waals surface area contributed by atoms with Crippen molar-refractivity contribution >= 4 is 43.6 Å². The molecule has 3 nitrogen and oxygen atoms in total. The monoisotopic (exact) mass is 1010 g/mol. The molecular formula is C67H45F6N3. The summed E-state index contributed by atoms with van der Waals surface area (Å²) in [5.74, 6) is 0. The average molecular weight is 1010 g/mol. The lowest BCUT2D eigenvalue weighted by atomic mass is 9.90. The van der Waals surface area contributed by atoms with Gasteiger partial charge in [0.15, 0.2) is 0 Å². The van der Waals surface area contributed by atoms with Gasteiger partial charge in [-0.15, -0.1) is 0 Å². The lowest BCUT2D eigenvalue weighted by molar-refractivity contribution is -0.142. The second kappa shape index (κ2) is 18.1. The maximum absolute atomic E-state index is 15.5. The van der Waals surface area contributed by atoms with Crippen molar-refractivity contribution in [3.63, 3.8) is 0 Å². The van der Waals surface area contributed by atoms with E-state index in [4.69, 9.17) is 0 Å². The highest BCUT2D eigenvalue weighted by Crippen LogP contribution is 2.50. The zero-order valence-corrected chi connectivity index (χ0v) is 41.7. The number of alkyl halides is 6. The topological polar surface area (TPSA) is 33.6 Å². The van der Waals surface area contributed by atoms with Gasteiger partial charge in [-0.3, -0.25) is 0 Å². The minimum atomic E-state index is -5.22. The van der Waals surface area contributed by atoms with Gasteiger partial charge in [0.2, 0.25) is 0 Å². The molecule has 0 N–H and O–H groups in total. The summed E-state index contributed by atoms with van der Waals surface area (Å²) in [6.07, 6.45) is -10.4. The van der Waals surface area contributed by atoms with E-state index in [1.54, 1.807) is 4.57 Å². The van der Waals surface area contributed by atoms with Crippen LogP contribution in [0.1, 0.15) is 38.9 Å². The molecule has 0 unspecified atom stereocenters. The zero-order chi connectivity index (χ0) is 52.8. The van der Waals surface area contributed by atoms with Crippen LogP contribution in [0.15, 0.2) is 200 Å². The first-order valence-corrected chi connectivity index (χ1v) is 24.9. The van der Waals surface area contributed by atoms with Gasteiger partial charge >= 0.3 is 12.4 Å². The van der Waals surface area contributed by atoms with Crippen molar-refractivity contribution in [3.8, 4) is 73.1 Å². The molecule has 0 amide bonds. The maximum atomic E-state index is 15.5. The second-order valence-electron chi connectivity index (χ2n) is 19.5. The van der Waals surface area contributed by atoms with Gasteiger partial charge in [0, 0.05) is 32.7 Å². The minimum absolute atomic E-state index is 0.127. The Bertz CT molecular complexity index is 4150. The van der Waals surface area contributed by atoms with E-state index in [0.29, 0.717) is 45.0 Å². The fraction of sp³-hybridized carbons (Fsp3) is 0.0896. The zero-order valence-electron chi connectivity index (χ0n) is 41.7. The van der Waals surface area contributed by atoms with E-state index in [9.17, 15) is 5.26 Å². The largest absolute Gasteiger partial charge is 0.417 e. The molecule has 2 heterocycles. The van der Waals surface area contributed by atoms with Crippen molar-refractivity contribution in [1.82, 2.24) is 9.13 Å². The summed E-state index contributed by atoms with van der Waals surface area (Å²) in [6.45, 7) is 8.11. The Morgan fingerprint density at radius 2 is 0.684 bits per heavy atom. The first kappa shape index (κ1) is 47.8. The molecule has 0 aliphatic carbocycles. The third kappa shape index (κ3) is 7.83. The van der Waals surface area contributed by atoms with Gasteiger partial charge in [-0.05, 0) is 161 Å². The Kier molecular flexibility index (Phi) is 11.4. The minimum Gasteiger partial charge on any atom is -0.308 e. The molecule has 10 aromatic carbocycles. The number of aryl methyl sites for hydroxylation is 4. The molecule has 0 saturated carbocycles. The van der Waals surface area contributed by atoms with E-state index < -0.39 is 34.6 Å². The number of hydrogen-bond donors (Lipinski definition) is 0. The first-order valence-electron chi connectivity index (χ1n) is 24.9. The van der Waals surface area contributed by atoms with Crippen LogP contribution >= 0.6 is 0 Å². The maximum Gasteiger partial charge on any atom is 0.417 e. The standard InChI is InChI=1S/C67H45F6N3/c1-39-14-5-9-18-47(39)43-24-29-59-52(34-43)53-35-44(48-19-10-6-15-40(48)2)25-30-60(53)75(59)63-33-28-51(64-57(66(68,69)70)22-13-23-58(64)67(71,72)73)65(56(63)38-74)76-61-31-26-45(49-20-11-7-16-41(49)3)36-54(61)55-37-46(27-32-62(55)76)50-21-12-8-17-42(50)4/h5-37H,1-4H3. The Hall–Kier alpha value is -9.13. The summed E-state index contributed by atoms with van der Waals surface area (Å²) in [4.78, 5) is 0. The normalized spacial score (nSPS) is 12.1. The van der Waals surface area contributed by atoms with E-state index in [2.05, 4.69) is 30.3 Å².